The van der Waals surface area contributed by atoms with Crippen LogP contribution < -0.4 is 5.32 Å². The van der Waals surface area contributed by atoms with Gasteiger partial charge in [-0.2, -0.15) is 0 Å². The maximum absolute atomic E-state index is 9.79. The summed E-state index contributed by atoms with van der Waals surface area (Å²) in [5.41, 5.74) is 0. The van der Waals surface area contributed by atoms with Gasteiger partial charge in [-0.3, -0.25) is 0 Å². The molecule has 0 radical (unpaired) electrons. The summed E-state index contributed by atoms with van der Waals surface area (Å²) in [7, 11) is 0. The van der Waals surface area contributed by atoms with E-state index in [0.29, 0.717) is 12.0 Å². The Balaban J connectivity index is 2.21. The van der Waals surface area contributed by atoms with E-state index in [1.165, 1.54) is 12.8 Å². The summed E-state index contributed by atoms with van der Waals surface area (Å²) in [5, 5.41) is 13.1. The Morgan fingerprint density at radius 1 is 1.58 bits per heavy atom. The average Bonchev–Trinajstić information content (AvgIpc) is 2.56. The Labute approximate surface area is 75.4 Å². The first-order chi connectivity index (χ1) is 5.74. The highest BCUT2D eigenvalue weighted by molar-refractivity contribution is 4.81. The first-order valence-corrected chi connectivity index (χ1v) is 5.15. The van der Waals surface area contributed by atoms with Crippen molar-refractivity contribution in [3.8, 4) is 0 Å². The molecule has 72 valence electrons. The molecule has 0 aromatic heterocycles. The van der Waals surface area contributed by atoms with Crippen molar-refractivity contribution in [2.45, 2.75) is 51.7 Å². The minimum atomic E-state index is -0.123. The molecule has 2 nitrogen and oxygen atoms in total. The van der Waals surface area contributed by atoms with Crippen molar-refractivity contribution in [3.05, 3.63) is 0 Å². The van der Waals surface area contributed by atoms with E-state index < -0.39 is 0 Å². The summed E-state index contributed by atoms with van der Waals surface area (Å²) < 4.78 is 0. The van der Waals surface area contributed by atoms with Crippen molar-refractivity contribution in [2.75, 3.05) is 6.54 Å². The molecule has 1 rings (SSSR count). The Bertz CT molecular complexity index is 121. The fraction of sp³-hybridized carbons (Fsp3) is 1.00. The molecule has 0 saturated carbocycles. The molecule has 0 aromatic carbocycles. The third kappa shape index (κ3) is 2.76. The van der Waals surface area contributed by atoms with Crippen LogP contribution in [0.2, 0.25) is 0 Å². The molecule has 1 saturated heterocycles. The van der Waals surface area contributed by atoms with E-state index in [2.05, 4.69) is 19.2 Å². The number of aliphatic hydroxyl groups is 1. The monoisotopic (exact) mass is 171 g/mol. The molecule has 0 spiro atoms. The highest BCUT2D eigenvalue weighted by Gasteiger charge is 2.23. The summed E-state index contributed by atoms with van der Waals surface area (Å²) in [5.74, 6) is 0.655. The molecule has 2 heteroatoms. The molecule has 1 aliphatic rings. The number of aliphatic hydroxyl groups excluding tert-OH is 1. The van der Waals surface area contributed by atoms with Crippen LogP contribution in [0.25, 0.3) is 0 Å². The quantitative estimate of drug-likeness (QED) is 0.672. The van der Waals surface area contributed by atoms with Crippen LogP contribution in [-0.4, -0.2) is 23.8 Å². The molecule has 3 unspecified atom stereocenters. The zero-order chi connectivity index (χ0) is 8.97. The first-order valence-electron chi connectivity index (χ1n) is 5.15. The Morgan fingerprint density at radius 2 is 2.33 bits per heavy atom. The Morgan fingerprint density at radius 3 is 2.83 bits per heavy atom. The third-order valence-corrected chi connectivity index (χ3v) is 2.90. The van der Waals surface area contributed by atoms with E-state index in [-0.39, 0.29) is 6.10 Å². The summed E-state index contributed by atoms with van der Waals surface area (Å²) in [6.07, 6.45) is 4.38. The smallest absolute Gasteiger partial charge is 0.0695 e. The van der Waals surface area contributed by atoms with Gasteiger partial charge in [0, 0.05) is 6.04 Å². The zero-order valence-electron chi connectivity index (χ0n) is 8.21. The second kappa shape index (κ2) is 4.83. The van der Waals surface area contributed by atoms with Crippen LogP contribution in [0, 0.1) is 5.92 Å². The van der Waals surface area contributed by atoms with E-state index >= 15 is 0 Å². The molecule has 0 aromatic rings. The minimum Gasteiger partial charge on any atom is -0.391 e. The van der Waals surface area contributed by atoms with E-state index in [1.54, 1.807) is 0 Å². The molecule has 2 N–H and O–H groups in total. The van der Waals surface area contributed by atoms with Gasteiger partial charge in [0.05, 0.1) is 6.10 Å². The normalized spacial score (nSPS) is 28.8. The van der Waals surface area contributed by atoms with Crippen LogP contribution in [0.1, 0.15) is 39.5 Å². The highest BCUT2D eigenvalue weighted by Crippen LogP contribution is 2.17. The van der Waals surface area contributed by atoms with Crippen LogP contribution in [-0.2, 0) is 0 Å². The Kier molecular flexibility index (Phi) is 4.02. The lowest BCUT2D eigenvalue weighted by Gasteiger charge is -2.20. The highest BCUT2D eigenvalue weighted by atomic mass is 16.3. The topological polar surface area (TPSA) is 32.3 Å². The van der Waals surface area contributed by atoms with Gasteiger partial charge >= 0.3 is 0 Å². The van der Waals surface area contributed by atoms with Gasteiger partial charge in [-0.05, 0) is 31.7 Å². The molecule has 0 aliphatic carbocycles. The first kappa shape index (κ1) is 10.0. The maximum Gasteiger partial charge on any atom is 0.0695 e. The van der Waals surface area contributed by atoms with Crippen molar-refractivity contribution in [1.82, 2.24) is 5.32 Å². The van der Waals surface area contributed by atoms with Crippen molar-refractivity contribution >= 4 is 0 Å². The van der Waals surface area contributed by atoms with Gasteiger partial charge < -0.3 is 10.4 Å². The summed E-state index contributed by atoms with van der Waals surface area (Å²) in [6, 6.07) is 0.374. The van der Waals surface area contributed by atoms with Gasteiger partial charge in [0.1, 0.15) is 0 Å². The molecule has 1 aliphatic heterocycles. The second-order valence-corrected chi connectivity index (χ2v) is 4.02. The van der Waals surface area contributed by atoms with Gasteiger partial charge in [0.15, 0.2) is 0 Å². The van der Waals surface area contributed by atoms with Crippen LogP contribution in [0.4, 0.5) is 0 Å². The maximum atomic E-state index is 9.79. The average molecular weight is 171 g/mol. The lowest BCUT2D eigenvalue weighted by molar-refractivity contribution is 0.109. The van der Waals surface area contributed by atoms with Crippen molar-refractivity contribution in [3.63, 3.8) is 0 Å². The molecule has 0 bridgehead atoms. The molecule has 1 heterocycles. The van der Waals surface area contributed by atoms with Crippen LogP contribution >= 0.6 is 0 Å². The largest absolute Gasteiger partial charge is 0.391 e. The predicted molar refractivity (Wildman–Crippen MR) is 51.1 cm³/mol. The molecule has 12 heavy (non-hydrogen) atoms. The minimum absolute atomic E-state index is 0.123. The van der Waals surface area contributed by atoms with Crippen molar-refractivity contribution in [1.29, 1.82) is 0 Å². The molecule has 0 amide bonds. The van der Waals surface area contributed by atoms with E-state index in [4.69, 9.17) is 0 Å². The van der Waals surface area contributed by atoms with Crippen molar-refractivity contribution in [2.24, 2.45) is 5.92 Å². The van der Waals surface area contributed by atoms with Gasteiger partial charge in [0.25, 0.3) is 0 Å². The number of hydrogen-bond donors (Lipinski definition) is 2. The Hall–Kier alpha value is -0.0800. The van der Waals surface area contributed by atoms with Crippen LogP contribution in [0.15, 0.2) is 0 Å². The second-order valence-electron chi connectivity index (χ2n) is 4.02. The van der Waals surface area contributed by atoms with Gasteiger partial charge in [-0.25, -0.2) is 0 Å². The zero-order valence-corrected chi connectivity index (χ0v) is 8.21. The van der Waals surface area contributed by atoms with Crippen LogP contribution in [0.5, 0.6) is 0 Å². The molecular weight excluding hydrogens is 150 g/mol. The lowest BCUT2D eigenvalue weighted by atomic mass is 9.96. The lowest BCUT2D eigenvalue weighted by Crippen LogP contribution is -2.35. The molecule has 1 fully saturated rings. The summed E-state index contributed by atoms with van der Waals surface area (Å²) >= 11 is 0. The van der Waals surface area contributed by atoms with Crippen molar-refractivity contribution < 1.29 is 5.11 Å². The predicted octanol–water partition coefficient (Wildman–Crippen LogP) is 1.54. The number of hydrogen-bond acceptors (Lipinski definition) is 2. The summed E-state index contributed by atoms with van der Waals surface area (Å²) in [4.78, 5) is 0. The van der Waals surface area contributed by atoms with Gasteiger partial charge in [0.2, 0.25) is 0 Å². The van der Waals surface area contributed by atoms with Gasteiger partial charge in [-0.1, -0.05) is 20.3 Å². The van der Waals surface area contributed by atoms with E-state index in [1.807, 2.05) is 0 Å². The SMILES string of the molecule is CCC(C)CC(O)C1CCCN1. The summed E-state index contributed by atoms with van der Waals surface area (Å²) in [6.45, 7) is 5.47. The molecular formula is C10H21NO. The fourth-order valence-electron chi connectivity index (χ4n) is 1.78. The van der Waals surface area contributed by atoms with Crippen LogP contribution in [0.3, 0.4) is 0 Å². The number of nitrogens with one attached hydrogen (secondary N) is 1. The van der Waals surface area contributed by atoms with E-state index in [0.717, 1.165) is 19.4 Å². The van der Waals surface area contributed by atoms with Gasteiger partial charge in [-0.15, -0.1) is 0 Å². The standard InChI is InChI=1S/C10H21NO/c1-3-8(2)7-10(12)9-5-4-6-11-9/h8-12H,3-7H2,1-2H3. The third-order valence-electron chi connectivity index (χ3n) is 2.90. The van der Waals surface area contributed by atoms with E-state index in [9.17, 15) is 5.11 Å². The fourth-order valence-corrected chi connectivity index (χ4v) is 1.78. The molecule has 3 atom stereocenters. The number of rotatable bonds is 4.